The van der Waals surface area contributed by atoms with Crippen molar-refractivity contribution in [2.24, 2.45) is 7.05 Å². The van der Waals surface area contributed by atoms with E-state index in [0.717, 1.165) is 22.3 Å². The van der Waals surface area contributed by atoms with Gasteiger partial charge in [-0.1, -0.05) is 11.6 Å². The maximum absolute atomic E-state index is 11.8. The van der Waals surface area contributed by atoms with Crippen molar-refractivity contribution in [2.75, 3.05) is 6.26 Å². The number of aromatic amines is 1. The summed E-state index contributed by atoms with van der Waals surface area (Å²) in [6.45, 7) is 0. The van der Waals surface area contributed by atoms with Crippen LogP contribution in [0.1, 0.15) is 11.4 Å². The molecule has 1 N–H and O–H groups in total. The number of sulfone groups is 1. The van der Waals surface area contributed by atoms with Gasteiger partial charge in [0.1, 0.15) is 11.3 Å². The molecule has 3 aromatic heterocycles. The summed E-state index contributed by atoms with van der Waals surface area (Å²) in [4.78, 5) is 4.66. The number of hydrogen-bond donors (Lipinski definition) is 1. The Morgan fingerprint density at radius 1 is 1.12 bits per heavy atom. The zero-order valence-electron chi connectivity index (χ0n) is 18.4. The number of benzene rings is 2. The SMILES string of the molecule is Cn1ccc(Cc2[nH]nc3c(Oc4ccc(S(C)(=O)=O)cc4)cc(-c4ncccc4Cl)cc23)n1. The normalized spacial score (nSPS) is 11.7. The lowest BCUT2D eigenvalue weighted by Gasteiger charge is -2.11. The maximum Gasteiger partial charge on any atom is 0.175 e. The summed E-state index contributed by atoms with van der Waals surface area (Å²) in [5.74, 6) is 0.970. The highest BCUT2D eigenvalue weighted by Crippen LogP contribution is 2.37. The second-order valence-electron chi connectivity index (χ2n) is 7.91. The first-order valence-electron chi connectivity index (χ1n) is 10.4. The zero-order chi connectivity index (χ0) is 23.9. The molecule has 0 aliphatic heterocycles. The lowest BCUT2D eigenvalue weighted by atomic mass is 10.0. The average molecular weight is 494 g/mol. The van der Waals surface area contributed by atoms with Crippen LogP contribution in [-0.2, 0) is 23.3 Å². The topological polar surface area (TPSA) is 103 Å². The van der Waals surface area contributed by atoms with E-state index in [2.05, 4.69) is 20.3 Å². The van der Waals surface area contributed by atoms with E-state index in [1.54, 1.807) is 35.1 Å². The first-order valence-corrected chi connectivity index (χ1v) is 12.6. The van der Waals surface area contributed by atoms with Gasteiger partial charge in [-0.25, -0.2) is 8.42 Å². The molecule has 5 aromatic rings. The predicted molar refractivity (Wildman–Crippen MR) is 130 cm³/mol. The molecule has 0 saturated heterocycles. The van der Waals surface area contributed by atoms with Crippen molar-refractivity contribution in [3.8, 4) is 22.8 Å². The molecule has 8 nitrogen and oxygen atoms in total. The minimum atomic E-state index is -3.30. The first-order chi connectivity index (χ1) is 16.3. The molecule has 2 aromatic carbocycles. The molecule has 0 amide bonds. The van der Waals surface area contributed by atoms with Crippen LogP contribution in [0.15, 0.2) is 71.9 Å². The van der Waals surface area contributed by atoms with Crippen LogP contribution in [0, 0.1) is 0 Å². The van der Waals surface area contributed by atoms with Gasteiger partial charge < -0.3 is 4.74 Å². The molecule has 0 unspecified atom stereocenters. The molecule has 0 saturated carbocycles. The number of halogens is 1. The molecule has 0 aliphatic rings. The molecule has 172 valence electrons. The molecule has 34 heavy (non-hydrogen) atoms. The standard InChI is InChI=1S/C24H20ClN5O3S/c1-30-11-9-16(29-30)14-21-19-12-15(23-20(25)4-3-10-26-23)13-22(24(19)28-27-21)33-17-5-7-18(8-6-17)34(2,31)32/h3-13H,14H2,1-2H3,(H,27,28). The van der Waals surface area contributed by atoms with Crippen LogP contribution >= 0.6 is 11.6 Å². The van der Waals surface area contributed by atoms with Crippen LogP contribution in [0.25, 0.3) is 22.2 Å². The zero-order valence-corrected chi connectivity index (χ0v) is 19.9. The van der Waals surface area contributed by atoms with E-state index in [9.17, 15) is 8.42 Å². The second-order valence-corrected chi connectivity index (χ2v) is 10.3. The van der Waals surface area contributed by atoms with Gasteiger partial charge in [-0.3, -0.25) is 14.8 Å². The third kappa shape index (κ3) is 4.40. The summed E-state index contributed by atoms with van der Waals surface area (Å²) >= 11 is 6.43. The number of hydrogen-bond acceptors (Lipinski definition) is 6. The van der Waals surface area contributed by atoms with E-state index >= 15 is 0 Å². The van der Waals surface area contributed by atoms with E-state index in [1.807, 2.05) is 31.4 Å². The Morgan fingerprint density at radius 3 is 2.59 bits per heavy atom. The third-order valence-electron chi connectivity index (χ3n) is 5.34. The second kappa shape index (κ2) is 8.58. The van der Waals surface area contributed by atoms with Gasteiger partial charge in [0.2, 0.25) is 0 Å². The molecular weight excluding hydrogens is 474 g/mol. The smallest absolute Gasteiger partial charge is 0.175 e. The average Bonchev–Trinajstić information content (AvgIpc) is 3.40. The third-order valence-corrected chi connectivity index (χ3v) is 6.77. The maximum atomic E-state index is 11.8. The number of nitrogens with zero attached hydrogens (tertiary/aromatic N) is 4. The first kappa shape index (κ1) is 22.1. The molecule has 0 aliphatic carbocycles. The fourth-order valence-electron chi connectivity index (χ4n) is 3.70. The Hall–Kier alpha value is -3.69. The number of rotatable bonds is 6. The van der Waals surface area contributed by atoms with Crippen molar-refractivity contribution in [2.45, 2.75) is 11.3 Å². The van der Waals surface area contributed by atoms with Crippen LogP contribution in [0.2, 0.25) is 5.02 Å². The van der Waals surface area contributed by atoms with E-state index < -0.39 is 9.84 Å². The Bertz CT molecular complexity index is 1610. The van der Waals surface area contributed by atoms with Gasteiger partial charge in [-0.15, -0.1) is 0 Å². The number of aromatic nitrogens is 5. The Balaban J connectivity index is 1.61. The molecule has 0 fully saturated rings. The van der Waals surface area contributed by atoms with Gasteiger partial charge >= 0.3 is 0 Å². The minimum Gasteiger partial charge on any atom is -0.455 e. The monoisotopic (exact) mass is 493 g/mol. The molecule has 0 bridgehead atoms. The van der Waals surface area contributed by atoms with Crippen LogP contribution in [-0.4, -0.2) is 39.6 Å². The highest BCUT2D eigenvalue weighted by Gasteiger charge is 2.17. The van der Waals surface area contributed by atoms with Crippen molar-refractivity contribution < 1.29 is 13.2 Å². The molecule has 0 radical (unpaired) electrons. The van der Waals surface area contributed by atoms with Crippen LogP contribution in [0.4, 0.5) is 0 Å². The number of nitrogens with one attached hydrogen (secondary N) is 1. The van der Waals surface area contributed by atoms with Crippen molar-refractivity contribution in [1.82, 2.24) is 25.0 Å². The van der Waals surface area contributed by atoms with Crippen molar-refractivity contribution in [3.63, 3.8) is 0 Å². The summed E-state index contributed by atoms with van der Waals surface area (Å²) in [6.07, 6.45) is 5.29. The summed E-state index contributed by atoms with van der Waals surface area (Å²) < 4.78 is 31.5. The largest absolute Gasteiger partial charge is 0.455 e. The lowest BCUT2D eigenvalue weighted by molar-refractivity contribution is 0.486. The summed E-state index contributed by atoms with van der Waals surface area (Å²) in [5.41, 5.74) is 3.79. The molecule has 0 spiro atoms. The van der Waals surface area contributed by atoms with Gasteiger partial charge in [0.05, 0.1) is 21.3 Å². The quantitative estimate of drug-likeness (QED) is 0.364. The Labute approximate surface area is 201 Å². The summed E-state index contributed by atoms with van der Waals surface area (Å²) in [5, 5.41) is 13.4. The summed E-state index contributed by atoms with van der Waals surface area (Å²) in [6, 6.07) is 15.6. The number of fused-ring (bicyclic) bond motifs is 1. The van der Waals surface area contributed by atoms with Crippen LogP contribution in [0.3, 0.4) is 0 Å². The number of aryl methyl sites for hydroxylation is 1. The van der Waals surface area contributed by atoms with Gasteiger partial charge in [0.15, 0.2) is 15.6 Å². The molecule has 0 atom stereocenters. The predicted octanol–water partition coefficient (Wildman–Crippen LogP) is 4.80. The van der Waals surface area contributed by atoms with Crippen LogP contribution in [0.5, 0.6) is 11.5 Å². The van der Waals surface area contributed by atoms with E-state index in [4.69, 9.17) is 16.3 Å². The molecular formula is C24H20ClN5O3S. The fraction of sp³-hybridized carbons (Fsp3) is 0.125. The fourth-order valence-corrected chi connectivity index (χ4v) is 4.57. The van der Waals surface area contributed by atoms with Gasteiger partial charge in [0, 0.05) is 48.8 Å². The van der Waals surface area contributed by atoms with Crippen LogP contribution < -0.4 is 4.74 Å². The van der Waals surface area contributed by atoms with Crippen molar-refractivity contribution >= 4 is 32.3 Å². The van der Waals surface area contributed by atoms with Gasteiger partial charge in [0.25, 0.3) is 0 Å². The van der Waals surface area contributed by atoms with E-state index in [0.29, 0.717) is 34.2 Å². The molecule has 3 heterocycles. The molecule has 10 heteroatoms. The number of ether oxygens (including phenoxy) is 1. The minimum absolute atomic E-state index is 0.219. The Kier molecular flexibility index (Phi) is 5.59. The number of pyridine rings is 1. The molecule has 5 rings (SSSR count). The van der Waals surface area contributed by atoms with Gasteiger partial charge in [-0.05, 0) is 54.6 Å². The number of H-pyrrole nitrogens is 1. The van der Waals surface area contributed by atoms with Crippen molar-refractivity contribution in [1.29, 1.82) is 0 Å². The lowest BCUT2D eigenvalue weighted by Crippen LogP contribution is -1.96. The van der Waals surface area contributed by atoms with E-state index in [-0.39, 0.29) is 4.90 Å². The highest BCUT2D eigenvalue weighted by molar-refractivity contribution is 7.90. The van der Waals surface area contributed by atoms with Gasteiger partial charge in [-0.2, -0.15) is 10.2 Å². The van der Waals surface area contributed by atoms with E-state index in [1.165, 1.54) is 18.4 Å². The summed E-state index contributed by atoms with van der Waals surface area (Å²) in [7, 11) is -1.43. The Morgan fingerprint density at radius 2 is 1.91 bits per heavy atom. The van der Waals surface area contributed by atoms with Crippen molar-refractivity contribution in [3.05, 3.63) is 83.4 Å². The highest BCUT2D eigenvalue weighted by atomic mass is 35.5.